The predicted molar refractivity (Wildman–Crippen MR) is 106 cm³/mol. The van der Waals surface area contributed by atoms with E-state index in [9.17, 15) is 4.79 Å². The van der Waals surface area contributed by atoms with Crippen LogP contribution < -0.4 is 5.32 Å². The molecule has 3 aromatic carbocycles. The minimum absolute atomic E-state index is 0.0481. The molecule has 26 heavy (non-hydrogen) atoms. The fraction of sp³-hybridized carbons (Fsp3) is 0.208. The zero-order chi connectivity index (χ0) is 18.1. The normalized spacial score (nSPS) is 17.5. The molecule has 0 aliphatic heterocycles. The lowest BCUT2D eigenvalue weighted by Crippen LogP contribution is -2.22. The summed E-state index contributed by atoms with van der Waals surface area (Å²) in [6, 6.07) is 26.9. The summed E-state index contributed by atoms with van der Waals surface area (Å²) < 4.78 is 0. The van der Waals surface area contributed by atoms with Gasteiger partial charge >= 0.3 is 0 Å². The Morgan fingerprint density at radius 3 is 2.00 bits per heavy atom. The highest BCUT2D eigenvalue weighted by Gasteiger charge is 2.60. The summed E-state index contributed by atoms with van der Waals surface area (Å²) in [5.74, 6) is 0.0534. The lowest BCUT2D eigenvalue weighted by molar-refractivity contribution is -0.117. The number of amides is 1. The van der Waals surface area contributed by atoms with E-state index >= 15 is 0 Å². The monoisotopic (exact) mass is 341 g/mol. The van der Waals surface area contributed by atoms with Crippen LogP contribution in [0.3, 0.4) is 0 Å². The van der Waals surface area contributed by atoms with Crippen molar-refractivity contribution in [3.8, 4) is 0 Å². The van der Waals surface area contributed by atoms with E-state index in [1.165, 1.54) is 16.7 Å². The van der Waals surface area contributed by atoms with Gasteiger partial charge in [0.25, 0.3) is 0 Å². The van der Waals surface area contributed by atoms with Crippen molar-refractivity contribution in [1.29, 1.82) is 0 Å². The predicted octanol–water partition coefficient (Wildman–Crippen LogP) is 5.25. The van der Waals surface area contributed by atoms with Crippen molar-refractivity contribution in [3.05, 3.63) is 101 Å². The molecule has 0 radical (unpaired) electrons. The van der Waals surface area contributed by atoms with Crippen LogP contribution in [-0.4, -0.2) is 5.91 Å². The largest absolute Gasteiger partial charge is 0.326 e. The third-order valence-corrected chi connectivity index (χ3v) is 5.49. The summed E-state index contributed by atoms with van der Waals surface area (Å²) in [6.07, 6.45) is 0.845. The second-order valence-corrected chi connectivity index (χ2v) is 7.27. The smallest absolute Gasteiger partial charge is 0.228 e. The Kier molecular flexibility index (Phi) is 4.12. The Balaban J connectivity index is 1.65. The highest BCUT2D eigenvalue weighted by molar-refractivity contribution is 5.97. The Bertz CT molecular complexity index is 891. The van der Waals surface area contributed by atoms with Gasteiger partial charge in [-0.2, -0.15) is 0 Å². The van der Waals surface area contributed by atoms with E-state index in [0.717, 1.165) is 17.7 Å². The highest BCUT2D eigenvalue weighted by atomic mass is 16.2. The van der Waals surface area contributed by atoms with Crippen molar-refractivity contribution in [2.45, 2.75) is 25.7 Å². The molecule has 1 aliphatic carbocycles. The van der Waals surface area contributed by atoms with Crippen LogP contribution in [0.25, 0.3) is 0 Å². The molecule has 3 aromatic rings. The number of aryl methyl sites for hydroxylation is 2. The molecule has 1 fully saturated rings. The molecule has 0 aromatic heterocycles. The van der Waals surface area contributed by atoms with E-state index < -0.39 is 0 Å². The van der Waals surface area contributed by atoms with Crippen molar-refractivity contribution >= 4 is 11.6 Å². The number of anilines is 1. The molecule has 1 saturated carbocycles. The summed E-state index contributed by atoms with van der Waals surface area (Å²) >= 11 is 0. The van der Waals surface area contributed by atoms with Crippen molar-refractivity contribution in [3.63, 3.8) is 0 Å². The SMILES string of the molecule is Cc1ccc(NC(=O)[C@H]2CC2(c2ccccc2)c2ccccc2)c(C)c1. The first-order chi connectivity index (χ1) is 12.6. The molecule has 0 heterocycles. The number of rotatable bonds is 4. The van der Waals surface area contributed by atoms with E-state index in [1.54, 1.807) is 0 Å². The molecule has 0 saturated heterocycles. The zero-order valence-electron chi connectivity index (χ0n) is 15.2. The highest BCUT2D eigenvalue weighted by Crippen LogP contribution is 2.59. The number of benzene rings is 3. The third-order valence-electron chi connectivity index (χ3n) is 5.49. The Hall–Kier alpha value is -2.87. The van der Waals surface area contributed by atoms with Gasteiger partial charge in [-0.05, 0) is 43.0 Å². The van der Waals surface area contributed by atoms with Gasteiger partial charge in [0, 0.05) is 11.1 Å². The molecule has 2 heteroatoms. The molecule has 1 aliphatic rings. The minimum Gasteiger partial charge on any atom is -0.326 e. The van der Waals surface area contributed by atoms with Crippen LogP contribution in [0.15, 0.2) is 78.9 Å². The third kappa shape index (κ3) is 2.82. The molecule has 0 bridgehead atoms. The number of carbonyl (C=O) groups excluding carboxylic acids is 1. The van der Waals surface area contributed by atoms with E-state index in [1.807, 2.05) is 31.2 Å². The Morgan fingerprint density at radius 2 is 1.46 bits per heavy atom. The van der Waals surface area contributed by atoms with Crippen LogP contribution in [0.1, 0.15) is 28.7 Å². The second-order valence-electron chi connectivity index (χ2n) is 7.27. The number of hydrogen-bond donors (Lipinski definition) is 1. The topological polar surface area (TPSA) is 29.1 Å². The van der Waals surface area contributed by atoms with Crippen molar-refractivity contribution in [2.75, 3.05) is 5.32 Å². The summed E-state index contributed by atoms with van der Waals surface area (Å²) in [4.78, 5) is 13.1. The van der Waals surface area contributed by atoms with Crippen LogP contribution in [0.2, 0.25) is 0 Å². The molecular formula is C24H23NO. The zero-order valence-corrected chi connectivity index (χ0v) is 15.2. The quantitative estimate of drug-likeness (QED) is 0.690. The molecule has 0 spiro atoms. The number of carbonyl (C=O) groups is 1. The molecule has 1 amide bonds. The van der Waals surface area contributed by atoms with Crippen molar-refractivity contribution in [1.82, 2.24) is 0 Å². The summed E-state index contributed by atoms with van der Waals surface area (Å²) in [7, 11) is 0. The van der Waals surface area contributed by atoms with Crippen LogP contribution in [0.5, 0.6) is 0 Å². The average Bonchev–Trinajstić information content (AvgIpc) is 3.43. The van der Waals surface area contributed by atoms with E-state index in [4.69, 9.17) is 0 Å². The van der Waals surface area contributed by atoms with Crippen LogP contribution in [0.4, 0.5) is 5.69 Å². The fourth-order valence-corrected chi connectivity index (χ4v) is 4.03. The van der Waals surface area contributed by atoms with E-state index in [2.05, 4.69) is 66.8 Å². The Labute approximate surface area is 154 Å². The molecule has 1 atom stereocenters. The number of hydrogen-bond acceptors (Lipinski definition) is 1. The van der Waals surface area contributed by atoms with Gasteiger partial charge in [-0.25, -0.2) is 0 Å². The minimum atomic E-state index is -0.217. The van der Waals surface area contributed by atoms with Crippen molar-refractivity contribution in [2.24, 2.45) is 5.92 Å². The van der Waals surface area contributed by atoms with E-state index in [-0.39, 0.29) is 17.2 Å². The van der Waals surface area contributed by atoms with Crippen LogP contribution in [-0.2, 0) is 10.2 Å². The first-order valence-electron chi connectivity index (χ1n) is 9.10. The van der Waals surface area contributed by atoms with Gasteiger partial charge in [0.15, 0.2) is 0 Å². The average molecular weight is 341 g/mol. The van der Waals surface area contributed by atoms with Gasteiger partial charge < -0.3 is 5.32 Å². The van der Waals surface area contributed by atoms with Gasteiger partial charge in [-0.1, -0.05) is 78.4 Å². The standard InChI is InChI=1S/C24H23NO/c1-17-13-14-22(18(2)15-17)25-23(26)21-16-24(21,19-9-5-3-6-10-19)20-11-7-4-8-12-20/h3-15,21H,16H2,1-2H3,(H,25,26)/t21-/m1/s1. The fourth-order valence-electron chi connectivity index (χ4n) is 4.03. The van der Waals surface area contributed by atoms with Crippen molar-refractivity contribution < 1.29 is 4.79 Å². The van der Waals surface area contributed by atoms with Crippen LogP contribution in [0, 0.1) is 19.8 Å². The molecular weight excluding hydrogens is 318 g/mol. The molecule has 1 N–H and O–H groups in total. The lowest BCUT2D eigenvalue weighted by atomic mass is 9.85. The summed E-state index contributed by atoms with van der Waals surface area (Å²) in [5, 5.41) is 3.15. The first kappa shape index (κ1) is 16.6. The maximum atomic E-state index is 13.1. The van der Waals surface area contributed by atoms with Gasteiger partial charge in [0.1, 0.15) is 0 Å². The van der Waals surface area contributed by atoms with Gasteiger partial charge in [0.05, 0.1) is 5.92 Å². The maximum absolute atomic E-state index is 13.1. The summed E-state index contributed by atoms with van der Waals surface area (Å²) in [5.41, 5.74) is 5.42. The first-order valence-corrected chi connectivity index (χ1v) is 9.10. The number of nitrogens with one attached hydrogen (secondary N) is 1. The van der Waals surface area contributed by atoms with E-state index in [0.29, 0.717) is 0 Å². The van der Waals surface area contributed by atoms with Crippen LogP contribution >= 0.6 is 0 Å². The summed E-state index contributed by atoms with van der Waals surface area (Å²) in [6.45, 7) is 4.10. The second kappa shape index (κ2) is 6.45. The Morgan fingerprint density at radius 1 is 0.885 bits per heavy atom. The molecule has 0 unspecified atom stereocenters. The van der Waals surface area contributed by atoms with Gasteiger partial charge in [0.2, 0.25) is 5.91 Å². The molecule has 130 valence electrons. The molecule has 2 nitrogen and oxygen atoms in total. The van der Waals surface area contributed by atoms with Gasteiger partial charge in [-0.3, -0.25) is 4.79 Å². The maximum Gasteiger partial charge on any atom is 0.228 e. The lowest BCUT2D eigenvalue weighted by Gasteiger charge is -2.19. The molecule has 4 rings (SSSR count). The van der Waals surface area contributed by atoms with Gasteiger partial charge in [-0.15, -0.1) is 0 Å².